The molecule has 132 valence electrons. The fourth-order valence-corrected chi connectivity index (χ4v) is 3.96. The molecule has 0 unspecified atom stereocenters. The van der Waals surface area contributed by atoms with E-state index >= 15 is 0 Å². The summed E-state index contributed by atoms with van der Waals surface area (Å²) in [7, 11) is 0. The largest absolute Gasteiger partial charge is 0.373 e. The summed E-state index contributed by atoms with van der Waals surface area (Å²) in [5, 5.41) is 2.42. The zero-order valence-electron chi connectivity index (χ0n) is 12.7. The molecule has 0 aliphatic rings. The van der Waals surface area contributed by atoms with Crippen LogP contribution in [0.15, 0.2) is 57.7 Å². The standard InChI is InChI=1S/2C7H4BrNS.2CO2/c8-6-1-2-7-5(3-6)4-9-10-7;8-6-3-1-2-5-4-9-10-7(5)6;2*2-1-3/h2*1-4H;;. The van der Waals surface area contributed by atoms with E-state index in [-0.39, 0.29) is 12.3 Å². The summed E-state index contributed by atoms with van der Waals surface area (Å²) in [4.78, 5) is 32.5. The lowest BCUT2D eigenvalue weighted by Crippen LogP contribution is -1.62. The SMILES string of the molecule is Brc1ccc2sncc2c1.Brc1cccc2cnsc12.O=C=O.O=C=O. The van der Waals surface area contributed by atoms with E-state index in [1.807, 2.05) is 30.6 Å². The lowest BCUT2D eigenvalue weighted by atomic mass is 10.3. The summed E-state index contributed by atoms with van der Waals surface area (Å²) in [6.07, 6.45) is 4.26. The van der Waals surface area contributed by atoms with Crippen LogP contribution in [0.5, 0.6) is 0 Å². The van der Waals surface area contributed by atoms with Crippen molar-refractivity contribution in [2.24, 2.45) is 0 Å². The number of nitrogens with zero attached hydrogens (tertiary/aromatic N) is 2. The zero-order valence-corrected chi connectivity index (χ0v) is 17.5. The second-order valence-electron chi connectivity index (χ2n) is 4.16. The predicted octanol–water partition coefficient (Wildman–Crippen LogP) is 4.95. The number of hydrogen-bond acceptors (Lipinski definition) is 8. The maximum absolute atomic E-state index is 8.12. The molecular weight excluding hydrogens is 508 g/mol. The topological polar surface area (TPSA) is 94.1 Å². The molecule has 6 nitrogen and oxygen atoms in total. The van der Waals surface area contributed by atoms with Crippen LogP contribution in [-0.4, -0.2) is 21.1 Å². The average molecular weight is 516 g/mol. The summed E-state index contributed by atoms with van der Waals surface area (Å²) in [6, 6.07) is 12.3. The molecule has 4 aromatic rings. The third kappa shape index (κ3) is 7.05. The van der Waals surface area contributed by atoms with Gasteiger partial charge in [0, 0.05) is 32.1 Å². The van der Waals surface area contributed by atoms with E-state index in [9.17, 15) is 0 Å². The molecule has 0 saturated heterocycles. The van der Waals surface area contributed by atoms with E-state index in [1.54, 1.807) is 0 Å². The maximum Gasteiger partial charge on any atom is 0.373 e. The fourth-order valence-electron chi connectivity index (χ4n) is 1.70. The Labute approximate surface area is 172 Å². The van der Waals surface area contributed by atoms with E-state index in [0.29, 0.717) is 0 Å². The van der Waals surface area contributed by atoms with Gasteiger partial charge < -0.3 is 0 Å². The van der Waals surface area contributed by atoms with Crippen LogP contribution < -0.4 is 0 Å². The molecular formula is C16H8Br2N2O4S2. The van der Waals surface area contributed by atoms with Crippen molar-refractivity contribution in [3.8, 4) is 0 Å². The highest BCUT2D eigenvalue weighted by molar-refractivity contribution is 9.11. The number of rotatable bonds is 0. The Balaban J connectivity index is 0.000000201. The molecule has 0 spiro atoms. The molecule has 0 aliphatic heterocycles. The summed E-state index contributed by atoms with van der Waals surface area (Å²) < 4.78 is 12.8. The van der Waals surface area contributed by atoms with Crippen molar-refractivity contribution >= 4 is 87.4 Å². The Morgan fingerprint density at radius 3 is 2.08 bits per heavy atom. The van der Waals surface area contributed by atoms with Crippen LogP contribution in [0.1, 0.15) is 0 Å². The van der Waals surface area contributed by atoms with Gasteiger partial charge in [0.2, 0.25) is 0 Å². The minimum Gasteiger partial charge on any atom is -0.200 e. The normalized spacial score (nSPS) is 8.69. The lowest BCUT2D eigenvalue weighted by molar-refractivity contribution is -0.193. The first-order valence-electron chi connectivity index (χ1n) is 6.54. The highest BCUT2D eigenvalue weighted by atomic mass is 79.9. The molecule has 0 fully saturated rings. The molecule has 0 saturated carbocycles. The Morgan fingerprint density at radius 2 is 1.42 bits per heavy atom. The quantitative estimate of drug-likeness (QED) is 0.329. The summed E-state index contributed by atoms with van der Waals surface area (Å²) in [6.45, 7) is 0. The van der Waals surface area contributed by atoms with Gasteiger partial charge in [-0.15, -0.1) is 0 Å². The zero-order chi connectivity index (χ0) is 19.4. The molecule has 0 bridgehead atoms. The van der Waals surface area contributed by atoms with Crippen molar-refractivity contribution in [3.63, 3.8) is 0 Å². The lowest BCUT2D eigenvalue weighted by Gasteiger charge is -1.88. The van der Waals surface area contributed by atoms with E-state index in [0.717, 1.165) is 8.95 Å². The van der Waals surface area contributed by atoms with E-state index in [1.165, 1.54) is 43.2 Å². The van der Waals surface area contributed by atoms with Crippen LogP contribution in [0.25, 0.3) is 20.2 Å². The van der Waals surface area contributed by atoms with Crippen molar-refractivity contribution in [3.05, 3.63) is 57.7 Å². The first-order valence-corrected chi connectivity index (χ1v) is 9.68. The Hall–Kier alpha value is -2.06. The molecule has 0 amide bonds. The van der Waals surface area contributed by atoms with E-state index in [2.05, 4.69) is 58.8 Å². The predicted molar refractivity (Wildman–Crippen MR) is 105 cm³/mol. The van der Waals surface area contributed by atoms with Gasteiger partial charge in [-0.2, -0.15) is 27.9 Å². The first-order chi connectivity index (χ1) is 12.6. The molecule has 26 heavy (non-hydrogen) atoms. The Kier molecular flexibility index (Phi) is 10.4. The average Bonchev–Trinajstić information content (AvgIpc) is 3.26. The molecule has 10 heteroatoms. The third-order valence-corrected chi connectivity index (χ3v) is 5.69. The molecule has 2 aromatic carbocycles. The van der Waals surface area contributed by atoms with Gasteiger partial charge in [0.05, 0.1) is 9.40 Å². The number of aromatic nitrogens is 2. The number of hydrogen-bond donors (Lipinski definition) is 0. The van der Waals surface area contributed by atoms with Crippen molar-refractivity contribution in [1.82, 2.24) is 8.75 Å². The second-order valence-corrected chi connectivity index (χ2v) is 7.56. The molecule has 0 atom stereocenters. The van der Waals surface area contributed by atoms with Crippen molar-refractivity contribution in [2.45, 2.75) is 0 Å². The van der Waals surface area contributed by atoms with Crippen LogP contribution in [0.3, 0.4) is 0 Å². The van der Waals surface area contributed by atoms with Gasteiger partial charge in [-0.3, -0.25) is 0 Å². The molecule has 4 rings (SSSR count). The fraction of sp³-hybridized carbons (Fsp3) is 0. The van der Waals surface area contributed by atoms with Gasteiger partial charge in [-0.1, -0.05) is 28.1 Å². The maximum atomic E-state index is 8.12. The van der Waals surface area contributed by atoms with Gasteiger partial charge in [0.15, 0.2) is 0 Å². The highest BCUT2D eigenvalue weighted by Gasteiger charge is 1.97. The number of carbonyl (C=O) groups excluding carboxylic acids is 4. The summed E-state index contributed by atoms with van der Waals surface area (Å²) >= 11 is 9.88. The van der Waals surface area contributed by atoms with Crippen LogP contribution in [0.2, 0.25) is 0 Å². The summed E-state index contributed by atoms with van der Waals surface area (Å²) in [5.41, 5.74) is 0. The van der Waals surface area contributed by atoms with Crippen molar-refractivity contribution in [1.29, 1.82) is 0 Å². The van der Waals surface area contributed by atoms with Crippen LogP contribution in [0, 0.1) is 0 Å². The smallest absolute Gasteiger partial charge is 0.200 e. The molecule has 2 aromatic heterocycles. The van der Waals surface area contributed by atoms with Gasteiger partial charge in [-0.05, 0) is 63.3 Å². The van der Waals surface area contributed by atoms with Crippen LogP contribution in [0.4, 0.5) is 0 Å². The van der Waals surface area contributed by atoms with Crippen LogP contribution >= 0.6 is 54.9 Å². The van der Waals surface area contributed by atoms with Crippen LogP contribution in [-0.2, 0) is 19.2 Å². The monoisotopic (exact) mass is 514 g/mol. The molecule has 0 N–H and O–H groups in total. The number of fused-ring (bicyclic) bond motifs is 2. The molecule has 0 aliphatic carbocycles. The van der Waals surface area contributed by atoms with E-state index in [4.69, 9.17) is 19.2 Å². The van der Waals surface area contributed by atoms with Gasteiger partial charge in [0.25, 0.3) is 0 Å². The van der Waals surface area contributed by atoms with Crippen molar-refractivity contribution in [2.75, 3.05) is 0 Å². The first kappa shape index (κ1) is 22.0. The minimum absolute atomic E-state index is 0.250. The van der Waals surface area contributed by atoms with Gasteiger partial charge >= 0.3 is 12.3 Å². The van der Waals surface area contributed by atoms with Gasteiger partial charge in [0.1, 0.15) is 0 Å². The van der Waals surface area contributed by atoms with Crippen molar-refractivity contribution < 1.29 is 19.2 Å². The third-order valence-electron chi connectivity index (χ3n) is 2.65. The Bertz CT molecular complexity index is 1020. The van der Waals surface area contributed by atoms with E-state index < -0.39 is 0 Å². The van der Waals surface area contributed by atoms with Gasteiger partial charge in [-0.25, -0.2) is 0 Å². The molecule has 0 radical (unpaired) electrons. The number of benzene rings is 2. The summed E-state index contributed by atoms with van der Waals surface area (Å²) in [5.74, 6) is 0. The Morgan fingerprint density at radius 1 is 0.808 bits per heavy atom. The molecule has 2 heterocycles. The number of halogens is 2. The highest BCUT2D eigenvalue weighted by Crippen LogP contribution is 2.26. The second kappa shape index (κ2) is 12.3. The minimum atomic E-state index is 0.250.